The molecular formula is C16H19N3OS. The predicted molar refractivity (Wildman–Crippen MR) is 84.2 cm³/mol. The molecule has 0 unspecified atom stereocenters. The van der Waals surface area contributed by atoms with Crippen LogP contribution in [-0.4, -0.2) is 29.1 Å². The van der Waals surface area contributed by atoms with Crippen LogP contribution >= 0.6 is 11.8 Å². The van der Waals surface area contributed by atoms with Gasteiger partial charge in [-0.05, 0) is 12.5 Å². The molecule has 0 bridgehead atoms. The third kappa shape index (κ3) is 6.33. The molecule has 0 heterocycles. The Balaban J connectivity index is 2.52. The fraction of sp³-hybridized carbons (Fsp3) is 0.438. The van der Waals surface area contributed by atoms with Crippen LogP contribution in [0.15, 0.2) is 30.3 Å². The average Bonchev–Trinajstić information content (AvgIpc) is 2.53. The lowest BCUT2D eigenvalue weighted by Crippen LogP contribution is -2.38. The number of carbonyl (C=O) groups excluding carboxylic acids is 1. The average molecular weight is 301 g/mol. The minimum atomic E-state index is -0.178. The third-order valence-corrected chi connectivity index (χ3v) is 4.19. The first-order chi connectivity index (χ1) is 10.2. The van der Waals surface area contributed by atoms with E-state index in [1.54, 1.807) is 16.7 Å². The molecule has 0 saturated heterocycles. The zero-order chi connectivity index (χ0) is 15.5. The molecule has 1 aromatic carbocycles. The normalized spacial score (nSPS) is 11.2. The maximum absolute atomic E-state index is 12.4. The quantitative estimate of drug-likeness (QED) is 0.740. The van der Waals surface area contributed by atoms with Crippen molar-refractivity contribution in [3.63, 3.8) is 0 Å². The van der Waals surface area contributed by atoms with Gasteiger partial charge in [-0.1, -0.05) is 30.3 Å². The Morgan fingerprint density at radius 3 is 2.29 bits per heavy atom. The minimum Gasteiger partial charge on any atom is -0.340 e. The van der Waals surface area contributed by atoms with Crippen molar-refractivity contribution in [1.82, 2.24) is 4.90 Å². The van der Waals surface area contributed by atoms with E-state index in [1.807, 2.05) is 49.4 Å². The first-order valence-electron chi connectivity index (χ1n) is 6.87. The first kappa shape index (κ1) is 17.1. The van der Waals surface area contributed by atoms with Gasteiger partial charge in [-0.2, -0.15) is 10.5 Å². The molecule has 1 atom stereocenters. The summed E-state index contributed by atoms with van der Waals surface area (Å²) in [6.45, 7) is 2.67. The highest BCUT2D eigenvalue weighted by molar-refractivity contribution is 7.99. The Morgan fingerprint density at radius 2 is 1.76 bits per heavy atom. The lowest BCUT2D eigenvalue weighted by molar-refractivity contribution is -0.130. The maximum atomic E-state index is 12.4. The number of hydrogen-bond donors (Lipinski definition) is 0. The van der Waals surface area contributed by atoms with E-state index in [-0.39, 0.29) is 11.2 Å². The standard InChI is InChI=1S/C16H19N3OS/c1-14(21-13-15-7-3-2-4-8-15)16(20)19(11-5-9-17)12-6-10-18/h2-4,7-8,14H,5-6,11-13H2,1H3/t14-/m1/s1. The molecule has 4 nitrogen and oxygen atoms in total. The zero-order valence-electron chi connectivity index (χ0n) is 12.2. The number of benzene rings is 1. The molecule has 5 heteroatoms. The van der Waals surface area contributed by atoms with E-state index < -0.39 is 0 Å². The van der Waals surface area contributed by atoms with Crippen molar-refractivity contribution < 1.29 is 4.79 Å². The van der Waals surface area contributed by atoms with Gasteiger partial charge >= 0.3 is 0 Å². The van der Waals surface area contributed by atoms with Gasteiger partial charge in [0.15, 0.2) is 0 Å². The molecule has 0 aromatic heterocycles. The molecule has 0 saturated carbocycles. The molecule has 110 valence electrons. The van der Waals surface area contributed by atoms with Crippen LogP contribution in [-0.2, 0) is 10.5 Å². The Kier molecular flexibility index (Phi) is 8.01. The van der Waals surface area contributed by atoms with Gasteiger partial charge in [0, 0.05) is 18.8 Å². The molecule has 0 aliphatic heterocycles. The lowest BCUT2D eigenvalue weighted by atomic mass is 10.2. The topological polar surface area (TPSA) is 67.9 Å². The van der Waals surface area contributed by atoms with Crippen molar-refractivity contribution in [2.45, 2.75) is 30.8 Å². The third-order valence-electron chi connectivity index (χ3n) is 2.99. The van der Waals surface area contributed by atoms with Crippen LogP contribution in [0, 0.1) is 22.7 Å². The van der Waals surface area contributed by atoms with E-state index in [9.17, 15) is 4.79 Å². The number of hydrogen-bond acceptors (Lipinski definition) is 4. The number of nitriles is 2. The van der Waals surface area contributed by atoms with Gasteiger partial charge in [-0.3, -0.25) is 4.79 Å². The molecule has 1 rings (SSSR count). The van der Waals surface area contributed by atoms with Gasteiger partial charge in [-0.25, -0.2) is 0 Å². The highest BCUT2D eigenvalue weighted by Gasteiger charge is 2.20. The van der Waals surface area contributed by atoms with Crippen molar-refractivity contribution in [1.29, 1.82) is 10.5 Å². The predicted octanol–water partition coefficient (Wildman–Crippen LogP) is 2.96. The van der Waals surface area contributed by atoms with Gasteiger partial charge in [0.25, 0.3) is 0 Å². The van der Waals surface area contributed by atoms with Crippen molar-refractivity contribution in [3.05, 3.63) is 35.9 Å². The smallest absolute Gasteiger partial charge is 0.235 e. The van der Waals surface area contributed by atoms with Gasteiger partial charge in [0.2, 0.25) is 5.91 Å². The number of rotatable bonds is 8. The molecule has 1 aromatic rings. The minimum absolute atomic E-state index is 0.00133. The largest absolute Gasteiger partial charge is 0.340 e. The molecule has 0 fully saturated rings. The van der Waals surface area contributed by atoms with Crippen LogP contribution in [0.2, 0.25) is 0 Å². The van der Waals surface area contributed by atoms with E-state index in [1.165, 1.54) is 5.56 Å². The zero-order valence-corrected chi connectivity index (χ0v) is 13.0. The summed E-state index contributed by atoms with van der Waals surface area (Å²) in [6, 6.07) is 14.1. The van der Waals surface area contributed by atoms with Crippen LogP contribution < -0.4 is 0 Å². The number of amides is 1. The SMILES string of the molecule is C[C@@H](SCc1ccccc1)C(=O)N(CCC#N)CCC#N. The fourth-order valence-corrected chi connectivity index (χ4v) is 2.75. The molecular weight excluding hydrogens is 282 g/mol. The highest BCUT2D eigenvalue weighted by atomic mass is 32.2. The van der Waals surface area contributed by atoms with Crippen molar-refractivity contribution in [3.8, 4) is 12.1 Å². The number of thioether (sulfide) groups is 1. The van der Waals surface area contributed by atoms with Crippen LogP contribution in [0.25, 0.3) is 0 Å². The van der Waals surface area contributed by atoms with Gasteiger partial charge in [0.05, 0.1) is 30.2 Å². The Morgan fingerprint density at radius 1 is 1.19 bits per heavy atom. The molecule has 0 spiro atoms. The molecule has 0 aliphatic carbocycles. The summed E-state index contributed by atoms with van der Waals surface area (Å²) in [5, 5.41) is 17.1. The Bertz CT molecular complexity index is 501. The van der Waals surface area contributed by atoms with Crippen molar-refractivity contribution in [2.24, 2.45) is 0 Å². The lowest BCUT2D eigenvalue weighted by Gasteiger charge is -2.23. The van der Waals surface area contributed by atoms with Gasteiger partial charge < -0.3 is 4.90 Å². The summed E-state index contributed by atoms with van der Waals surface area (Å²) in [4.78, 5) is 14.0. The summed E-state index contributed by atoms with van der Waals surface area (Å²) in [5.74, 6) is 0.777. The molecule has 1 amide bonds. The summed E-state index contributed by atoms with van der Waals surface area (Å²) in [6.07, 6.45) is 0.598. The van der Waals surface area contributed by atoms with Crippen molar-refractivity contribution in [2.75, 3.05) is 13.1 Å². The van der Waals surface area contributed by atoms with Gasteiger partial charge in [0.1, 0.15) is 0 Å². The number of nitrogens with zero attached hydrogens (tertiary/aromatic N) is 3. The summed E-state index contributed by atoms with van der Waals surface area (Å²) in [7, 11) is 0. The molecule has 21 heavy (non-hydrogen) atoms. The van der Waals surface area contributed by atoms with Crippen molar-refractivity contribution >= 4 is 17.7 Å². The van der Waals surface area contributed by atoms with Gasteiger partial charge in [-0.15, -0.1) is 11.8 Å². The highest BCUT2D eigenvalue weighted by Crippen LogP contribution is 2.19. The second kappa shape index (κ2) is 9.85. The van der Waals surface area contributed by atoms with E-state index in [0.717, 1.165) is 5.75 Å². The van der Waals surface area contributed by atoms with E-state index >= 15 is 0 Å². The Labute approximate surface area is 130 Å². The second-order valence-electron chi connectivity index (χ2n) is 4.58. The van der Waals surface area contributed by atoms with E-state index in [4.69, 9.17) is 10.5 Å². The molecule has 0 radical (unpaired) electrons. The second-order valence-corrected chi connectivity index (χ2v) is 5.91. The van der Waals surface area contributed by atoms with Crippen LogP contribution in [0.1, 0.15) is 25.3 Å². The van der Waals surface area contributed by atoms with Crippen LogP contribution in [0.5, 0.6) is 0 Å². The molecule has 0 aliphatic rings. The summed E-state index contributed by atoms with van der Waals surface area (Å²) in [5.41, 5.74) is 1.18. The first-order valence-corrected chi connectivity index (χ1v) is 7.92. The summed E-state index contributed by atoms with van der Waals surface area (Å²) >= 11 is 1.58. The Hall–Kier alpha value is -1.98. The monoisotopic (exact) mass is 301 g/mol. The molecule has 0 N–H and O–H groups in total. The summed E-state index contributed by atoms with van der Waals surface area (Å²) < 4.78 is 0. The fourth-order valence-electron chi connectivity index (χ4n) is 1.83. The van der Waals surface area contributed by atoms with E-state index in [0.29, 0.717) is 25.9 Å². The maximum Gasteiger partial charge on any atom is 0.235 e. The van der Waals surface area contributed by atoms with E-state index in [2.05, 4.69) is 0 Å². The van der Waals surface area contributed by atoms with Crippen LogP contribution in [0.4, 0.5) is 0 Å². The van der Waals surface area contributed by atoms with Crippen LogP contribution in [0.3, 0.4) is 0 Å². The number of carbonyl (C=O) groups is 1.